The zero-order chi connectivity index (χ0) is 20.7. The van der Waals surface area contributed by atoms with Crippen molar-refractivity contribution in [2.45, 2.75) is 57.1 Å². The van der Waals surface area contributed by atoms with E-state index in [1.165, 1.54) is 19.3 Å². The summed E-state index contributed by atoms with van der Waals surface area (Å²) in [6.07, 6.45) is 6.28. The molecule has 0 radical (unpaired) electrons. The van der Waals surface area contributed by atoms with Crippen LogP contribution in [0.15, 0.2) is 0 Å². The lowest BCUT2D eigenvalue weighted by molar-refractivity contribution is -0.125. The van der Waals surface area contributed by atoms with Gasteiger partial charge in [-0.1, -0.05) is 13.3 Å². The van der Waals surface area contributed by atoms with E-state index in [0.717, 1.165) is 38.9 Å². The Bertz CT molecular complexity index is 421. The van der Waals surface area contributed by atoms with Crippen LogP contribution in [0.3, 0.4) is 0 Å². The predicted octanol–water partition coefficient (Wildman–Crippen LogP) is 0.225. The van der Waals surface area contributed by atoms with Gasteiger partial charge >= 0.3 is 0 Å². The smallest absolute Gasteiger partial charge is 0.290 e. The molecule has 1 amide bonds. The van der Waals surface area contributed by atoms with Crippen molar-refractivity contribution >= 4 is 18.9 Å². The summed E-state index contributed by atoms with van der Waals surface area (Å²) in [7, 11) is 2.07. The highest BCUT2D eigenvalue weighted by molar-refractivity contribution is 5.78. The molecule has 0 aromatic carbocycles. The van der Waals surface area contributed by atoms with E-state index in [-0.39, 0.29) is 18.9 Å². The molecule has 2 aliphatic rings. The van der Waals surface area contributed by atoms with Crippen molar-refractivity contribution in [3.63, 3.8) is 0 Å². The summed E-state index contributed by atoms with van der Waals surface area (Å²) >= 11 is 0. The minimum absolute atomic E-state index is 0.0581. The van der Waals surface area contributed by atoms with E-state index in [9.17, 15) is 9.90 Å². The molecule has 4 N–H and O–H groups in total. The average molecular weight is 389 g/mol. The Morgan fingerprint density at radius 2 is 1.70 bits per heavy atom. The van der Waals surface area contributed by atoms with Crippen molar-refractivity contribution < 1.29 is 29.7 Å². The fourth-order valence-electron chi connectivity index (χ4n) is 3.45. The summed E-state index contributed by atoms with van der Waals surface area (Å²) < 4.78 is 0. The van der Waals surface area contributed by atoms with Crippen LogP contribution in [0.5, 0.6) is 0 Å². The molecule has 0 spiro atoms. The normalized spacial score (nSPS) is 22.3. The van der Waals surface area contributed by atoms with Gasteiger partial charge in [-0.15, -0.1) is 0 Å². The quantitative estimate of drug-likeness (QED) is 0.492. The lowest BCUT2D eigenvalue weighted by Crippen LogP contribution is -2.52. The van der Waals surface area contributed by atoms with Crippen LogP contribution in [0, 0.1) is 0 Å². The number of carbonyl (C=O) groups excluding carboxylic acids is 1. The van der Waals surface area contributed by atoms with Crippen LogP contribution in [0.1, 0.15) is 45.4 Å². The maximum absolute atomic E-state index is 12.1. The molecular formula is C18H35N3O6. The molecule has 2 heterocycles. The van der Waals surface area contributed by atoms with Crippen molar-refractivity contribution in [3.05, 3.63) is 0 Å². The Morgan fingerprint density at radius 1 is 1.15 bits per heavy atom. The SMILES string of the molecule is CCC1CCCCN1CC(=O)NCC1(O)CCN(C)CC1.O=CO.O=CO. The van der Waals surface area contributed by atoms with Gasteiger partial charge in [0.25, 0.3) is 12.9 Å². The van der Waals surface area contributed by atoms with Crippen LogP contribution in [-0.4, -0.2) is 95.4 Å². The molecule has 0 saturated carbocycles. The standard InChI is InChI=1S/C16H31N3O2.2CH2O2/c1-3-14-6-4-5-9-19(14)12-15(20)17-13-16(21)7-10-18(2)11-8-16;2*2-1-3/h14,21H,3-13H2,1-2H3,(H,17,20);2*1H,(H,2,3). The zero-order valence-corrected chi connectivity index (χ0v) is 16.5. The molecule has 27 heavy (non-hydrogen) atoms. The van der Waals surface area contributed by atoms with Crippen LogP contribution in [0.2, 0.25) is 0 Å². The van der Waals surface area contributed by atoms with Crippen LogP contribution >= 0.6 is 0 Å². The van der Waals surface area contributed by atoms with Gasteiger partial charge in [0.1, 0.15) is 0 Å². The summed E-state index contributed by atoms with van der Waals surface area (Å²) in [5, 5.41) is 27.2. The first kappa shape index (κ1) is 25.3. The highest BCUT2D eigenvalue weighted by Crippen LogP contribution is 2.21. The summed E-state index contributed by atoms with van der Waals surface area (Å²) in [5.41, 5.74) is -0.714. The van der Waals surface area contributed by atoms with Gasteiger partial charge in [-0.3, -0.25) is 19.3 Å². The number of nitrogens with zero attached hydrogens (tertiary/aromatic N) is 2. The Balaban J connectivity index is 0.000000997. The number of carbonyl (C=O) groups is 3. The summed E-state index contributed by atoms with van der Waals surface area (Å²) in [6.45, 7) is 5.40. The third-order valence-corrected chi connectivity index (χ3v) is 5.10. The monoisotopic (exact) mass is 389 g/mol. The number of hydrogen-bond acceptors (Lipinski definition) is 6. The second-order valence-corrected chi connectivity index (χ2v) is 7.04. The Kier molecular flexibility index (Phi) is 13.5. The molecule has 9 heteroatoms. The molecule has 2 saturated heterocycles. The van der Waals surface area contributed by atoms with E-state index in [0.29, 0.717) is 19.1 Å². The molecule has 0 aliphatic carbocycles. The Labute approximate surface area is 161 Å². The number of rotatable bonds is 5. The maximum Gasteiger partial charge on any atom is 0.290 e. The second-order valence-electron chi connectivity index (χ2n) is 7.04. The molecule has 1 unspecified atom stereocenters. The molecule has 0 bridgehead atoms. The summed E-state index contributed by atoms with van der Waals surface area (Å²) in [5.74, 6) is 0.0581. The molecule has 1 atom stereocenters. The van der Waals surface area contributed by atoms with E-state index >= 15 is 0 Å². The number of nitrogens with one attached hydrogen (secondary N) is 1. The number of aliphatic hydroxyl groups is 1. The van der Waals surface area contributed by atoms with Gasteiger partial charge in [0.15, 0.2) is 0 Å². The highest BCUT2D eigenvalue weighted by atomic mass is 16.3. The molecule has 2 aliphatic heterocycles. The third kappa shape index (κ3) is 10.9. The van der Waals surface area contributed by atoms with Crippen molar-refractivity contribution in [1.82, 2.24) is 15.1 Å². The number of amides is 1. The van der Waals surface area contributed by atoms with Gasteiger partial charge in [0, 0.05) is 25.7 Å². The molecule has 0 aromatic heterocycles. The van der Waals surface area contributed by atoms with Crippen molar-refractivity contribution in [3.8, 4) is 0 Å². The van der Waals surface area contributed by atoms with Gasteiger partial charge < -0.3 is 25.5 Å². The van der Waals surface area contributed by atoms with Gasteiger partial charge in [-0.25, -0.2) is 0 Å². The topological polar surface area (TPSA) is 130 Å². The minimum Gasteiger partial charge on any atom is -0.483 e. The number of hydrogen-bond donors (Lipinski definition) is 4. The molecular weight excluding hydrogens is 354 g/mol. The van der Waals surface area contributed by atoms with Gasteiger partial charge in [-0.05, 0) is 45.7 Å². The van der Waals surface area contributed by atoms with E-state index in [1.54, 1.807) is 0 Å². The molecule has 0 aromatic rings. The van der Waals surface area contributed by atoms with Crippen LogP contribution in [0.4, 0.5) is 0 Å². The molecule has 158 valence electrons. The van der Waals surface area contributed by atoms with E-state index < -0.39 is 5.60 Å². The lowest BCUT2D eigenvalue weighted by Gasteiger charge is -2.37. The number of piperidine rings is 2. The summed E-state index contributed by atoms with van der Waals surface area (Å²) in [4.78, 5) is 33.4. The van der Waals surface area contributed by atoms with Crippen LogP contribution in [-0.2, 0) is 14.4 Å². The minimum atomic E-state index is -0.714. The van der Waals surface area contributed by atoms with Crippen LogP contribution in [0.25, 0.3) is 0 Å². The number of likely N-dealkylation sites (tertiary alicyclic amines) is 2. The molecule has 9 nitrogen and oxygen atoms in total. The molecule has 2 rings (SSSR count). The predicted molar refractivity (Wildman–Crippen MR) is 102 cm³/mol. The highest BCUT2D eigenvalue weighted by Gasteiger charge is 2.31. The van der Waals surface area contributed by atoms with E-state index in [1.807, 2.05) is 0 Å². The number of carboxylic acid groups (broad SMARTS) is 2. The van der Waals surface area contributed by atoms with Gasteiger partial charge in [0.05, 0.1) is 12.1 Å². The average Bonchev–Trinajstić information content (AvgIpc) is 2.65. The van der Waals surface area contributed by atoms with Crippen molar-refractivity contribution in [2.75, 3.05) is 39.8 Å². The first-order chi connectivity index (χ1) is 12.9. The fraction of sp³-hybridized carbons (Fsp3) is 0.833. The maximum atomic E-state index is 12.1. The third-order valence-electron chi connectivity index (χ3n) is 5.10. The lowest BCUT2D eigenvalue weighted by atomic mass is 9.91. The van der Waals surface area contributed by atoms with Gasteiger partial charge in [0.2, 0.25) is 5.91 Å². The van der Waals surface area contributed by atoms with E-state index in [4.69, 9.17) is 19.8 Å². The van der Waals surface area contributed by atoms with Gasteiger partial charge in [-0.2, -0.15) is 0 Å². The largest absolute Gasteiger partial charge is 0.483 e. The zero-order valence-electron chi connectivity index (χ0n) is 16.5. The second kappa shape index (κ2) is 14.4. The van der Waals surface area contributed by atoms with Crippen molar-refractivity contribution in [1.29, 1.82) is 0 Å². The first-order valence-corrected chi connectivity index (χ1v) is 9.43. The summed E-state index contributed by atoms with van der Waals surface area (Å²) in [6, 6.07) is 0.552. The Morgan fingerprint density at radius 3 is 2.22 bits per heavy atom. The first-order valence-electron chi connectivity index (χ1n) is 9.43. The van der Waals surface area contributed by atoms with Crippen molar-refractivity contribution in [2.24, 2.45) is 0 Å². The Hall–Kier alpha value is -1.71. The van der Waals surface area contributed by atoms with Crippen LogP contribution < -0.4 is 5.32 Å². The molecule has 2 fully saturated rings. The fourth-order valence-corrected chi connectivity index (χ4v) is 3.45. The van der Waals surface area contributed by atoms with E-state index in [2.05, 4.69) is 29.1 Å².